The van der Waals surface area contributed by atoms with Crippen LogP contribution < -0.4 is 4.74 Å². The highest BCUT2D eigenvalue weighted by Crippen LogP contribution is 2.23. The van der Waals surface area contributed by atoms with Gasteiger partial charge in [-0.25, -0.2) is 4.99 Å². The van der Waals surface area contributed by atoms with Gasteiger partial charge in [0.25, 0.3) is 0 Å². The summed E-state index contributed by atoms with van der Waals surface area (Å²) < 4.78 is 6.09. The summed E-state index contributed by atoms with van der Waals surface area (Å²) in [5.74, 6) is 1.38. The van der Waals surface area contributed by atoms with Gasteiger partial charge in [0.1, 0.15) is 5.75 Å². The minimum Gasteiger partial charge on any atom is -0.439 e. The van der Waals surface area contributed by atoms with E-state index in [2.05, 4.69) is 36.6 Å². The van der Waals surface area contributed by atoms with Gasteiger partial charge < -0.3 is 4.74 Å². The third-order valence-corrected chi connectivity index (χ3v) is 5.00. The molecule has 3 heteroatoms. The predicted molar refractivity (Wildman–Crippen MR) is 116 cm³/mol. The smallest absolute Gasteiger partial charge is 0.223 e. The number of rotatable bonds is 6. The van der Waals surface area contributed by atoms with E-state index < -0.39 is 0 Å². The van der Waals surface area contributed by atoms with E-state index in [-0.39, 0.29) is 0 Å². The van der Waals surface area contributed by atoms with E-state index >= 15 is 0 Å². The van der Waals surface area contributed by atoms with Crippen LogP contribution in [0.4, 0.5) is 5.69 Å². The maximum absolute atomic E-state index is 6.09. The zero-order valence-electron chi connectivity index (χ0n) is 15.6. The molecule has 0 aliphatic heterocycles. The average molecular weight is 374 g/mol. The number of aryl methyl sites for hydroxylation is 1. The third kappa shape index (κ3) is 5.87. The van der Waals surface area contributed by atoms with E-state index in [0.717, 1.165) is 23.4 Å². The standard InChI is InChI=1S/C24H23NOS/c1-3-20-14-16-21(17-15-20)25-24(26-22-10-6-4-7-11-22)19(2)18-27-23-12-8-5-9-13-23/h4-18H,3H2,1-2H3/b19-18+,25-24?. The van der Waals surface area contributed by atoms with Crippen molar-refractivity contribution in [3.63, 3.8) is 0 Å². The normalized spacial score (nSPS) is 12.1. The second-order valence-electron chi connectivity index (χ2n) is 6.08. The summed E-state index contributed by atoms with van der Waals surface area (Å²) in [6.45, 7) is 4.17. The summed E-state index contributed by atoms with van der Waals surface area (Å²) in [5, 5.41) is 2.08. The van der Waals surface area contributed by atoms with Gasteiger partial charge >= 0.3 is 0 Å². The number of thioether (sulfide) groups is 1. The molecule has 0 saturated carbocycles. The molecule has 0 saturated heterocycles. The topological polar surface area (TPSA) is 21.6 Å². The lowest BCUT2D eigenvalue weighted by Crippen LogP contribution is -2.09. The van der Waals surface area contributed by atoms with Gasteiger partial charge in [-0.05, 0) is 60.7 Å². The van der Waals surface area contributed by atoms with Gasteiger partial charge in [0.15, 0.2) is 0 Å². The third-order valence-electron chi connectivity index (χ3n) is 3.99. The molecule has 0 aromatic heterocycles. The second kappa shape index (κ2) is 9.79. The maximum Gasteiger partial charge on any atom is 0.223 e. The molecule has 0 aliphatic rings. The van der Waals surface area contributed by atoms with Crippen LogP contribution in [0.3, 0.4) is 0 Å². The van der Waals surface area contributed by atoms with Crippen LogP contribution in [0, 0.1) is 0 Å². The molecule has 0 heterocycles. The highest BCUT2D eigenvalue weighted by Gasteiger charge is 2.07. The summed E-state index contributed by atoms with van der Waals surface area (Å²) >= 11 is 1.66. The lowest BCUT2D eigenvalue weighted by molar-refractivity contribution is 0.551. The van der Waals surface area contributed by atoms with Gasteiger partial charge in [-0.1, -0.05) is 67.2 Å². The Morgan fingerprint density at radius 2 is 1.52 bits per heavy atom. The van der Waals surface area contributed by atoms with E-state index in [1.165, 1.54) is 10.5 Å². The van der Waals surface area contributed by atoms with Gasteiger partial charge in [-0.3, -0.25) is 0 Å². The van der Waals surface area contributed by atoms with Gasteiger partial charge in [-0.15, -0.1) is 0 Å². The Hall–Kier alpha value is -2.78. The maximum atomic E-state index is 6.09. The molecule has 0 bridgehead atoms. The van der Waals surface area contributed by atoms with Gasteiger partial charge in [0.2, 0.25) is 5.90 Å². The quantitative estimate of drug-likeness (QED) is 0.262. The van der Waals surface area contributed by atoms with Crippen molar-refractivity contribution in [1.82, 2.24) is 0 Å². The number of aliphatic imine (C=N–C) groups is 1. The molecule has 0 aliphatic carbocycles. The molecular formula is C24H23NOS. The number of ether oxygens (including phenoxy) is 1. The molecule has 27 heavy (non-hydrogen) atoms. The molecule has 2 nitrogen and oxygen atoms in total. The first kappa shape index (κ1) is 19.0. The number of hydrogen-bond acceptors (Lipinski definition) is 3. The Balaban J connectivity index is 1.87. The van der Waals surface area contributed by atoms with Crippen molar-refractivity contribution in [2.24, 2.45) is 4.99 Å². The number of benzene rings is 3. The Morgan fingerprint density at radius 1 is 0.889 bits per heavy atom. The van der Waals surface area contributed by atoms with Crippen molar-refractivity contribution in [3.05, 3.63) is 101 Å². The molecule has 0 unspecified atom stereocenters. The van der Waals surface area contributed by atoms with Crippen LogP contribution in [0.5, 0.6) is 5.75 Å². The van der Waals surface area contributed by atoms with Crippen LogP contribution in [0.15, 0.2) is 106 Å². The first-order valence-electron chi connectivity index (χ1n) is 9.04. The van der Waals surface area contributed by atoms with Crippen molar-refractivity contribution in [2.45, 2.75) is 25.2 Å². The first-order chi connectivity index (χ1) is 13.2. The SMILES string of the molecule is CCc1ccc(N=C(Oc2ccccc2)/C(C)=C/Sc2ccccc2)cc1. The summed E-state index contributed by atoms with van der Waals surface area (Å²) in [6.07, 6.45) is 1.02. The van der Waals surface area contributed by atoms with Crippen LogP contribution in [-0.4, -0.2) is 5.90 Å². The van der Waals surface area contributed by atoms with Crippen molar-refractivity contribution < 1.29 is 4.74 Å². The lowest BCUT2D eigenvalue weighted by atomic mass is 10.1. The molecular weight excluding hydrogens is 350 g/mol. The molecule has 0 N–H and O–H groups in total. The predicted octanol–water partition coefficient (Wildman–Crippen LogP) is 7.05. The Morgan fingerprint density at radius 3 is 2.15 bits per heavy atom. The van der Waals surface area contributed by atoms with Crippen LogP contribution in [0.2, 0.25) is 0 Å². The molecule has 3 aromatic carbocycles. The van der Waals surface area contributed by atoms with E-state index in [4.69, 9.17) is 9.73 Å². The first-order valence-corrected chi connectivity index (χ1v) is 9.92. The van der Waals surface area contributed by atoms with Crippen LogP contribution in [0.25, 0.3) is 0 Å². The minimum absolute atomic E-state index is 0.605. The molecule has 3 aromatic rings. The Bertz CT molecular complexity index is 900. The number of nitrogens with zero attached hydrogens (tertiary/aromatic N) is 1. The molecule has 0 fully saturated rings. The van der Waals surface area contributed by atoms with E-state index in [1.807, 2.05) is 67.6 Å². The fourth-order valence-electron chi connectivity index (χ4n) is 2.42. The Labute approximate surface area is 165 Å². The van der Waals surface area contributed by atoms with E-state index in [0.29, 0.717) is 5.90 Å². The highest BCUT2D eigenvalue weighted by atomic mass is 32.2. The Kier molecular flexibility index (Phi) is 6.89. The van der Waals surface area contributed by atoms with Gasteiger partial charge in [0, 0.05) is 10.5 Å². The minimum atomic E-state index is 0.605. The average Bonchev–Trinajstić information content (AvgIpc) is 2.73. The summed E-state index contributed by atoms with van der Waals surface area (Å²) in [4.78, 5) is 5.94. The van der Waals surface area contributed by atoms with Crippen molar-refractivity contribution >= 4 is 23.3 Å². The van der Waals surface area contributed by atoms with Crippen LogP contribution in [0.1, 0.15) is 19.4 Å². The van der Waals surface area contributed by atoms with Crippen molar-refractivity contribution in [1.29, 1.82) is 0 Å². The van der Waals surface area contributed by atoms with Gasteiger partial charge in [-0.2, -0.15) is 0 Å². The van der Waals surface area contributed by atoms with Crippen molar-refractivity contribution in [2.75, 3.05) is 0 Å². The number of para-hydroxylation sites is 1. The van der Waals surface area contributed by atoms with Gasteiger partial charge in [0.05, 0.1) is 5.69 Å². The molecule has 3 rings (SSSR count). The molecule has 0 atom stereocenters. The summed E-state index contributed by atoms with van der Waals surface area (Å²) in [6, 6.07) is 28.3. The molecule has 0 amide bonds. The zero-order chi connectivity index (χ0) is 18.9. The molecule has 0 spiro atoms. The number of hydrogen-bond donors (Lipinski definition) is 0. The zero-order valence-corrected chi connectivity index (χ0v) is 16.4. The monoisotopic (exact) mass is 373 g/mol. The fourth-order valence-corrected chi connectivity index (χ4v) is 3.15. The van der Waals surface area contributed by atoms with Crippen LogP contribution >= 0.6 is 11.8 Å². The fraction of sp³-hybridized carbons (Fsp3) is 0.125. The van der Waals surface area contributed by atoms with Crippen LogP contribution in [-0.2, 0) is 6.42 Å². The second-order valence-corrected chi connectivity index (χ2v) is 7.03. The van der Waals surface area contributed by atoms with Crippen molar-refractivity contribution in [3.8, 4) is 5.75 Å². The largest absolute Gasteiger partial charge is 0.439 e. The summed E-state index contributed by atoms with van der Waals surface area (Å²) in [5.41, 5.74) is 3.16. The highest BCUT2D eigenvalue weighted by molar-refractivity contribution is 8.02. The molecule has 0 radical (unpaired) electrons. The summed E-state index contributed by atoms with van der Waals surface area (Å²) in [7, 11) is 0. The van der Waals surface area contributed by atoms with E-state index in [9.17, 15) is 0 Å². The van der Waals surface area contributed by atoms with E-state index in [1.54, 1.807) is 11.8 Å². The lowest BCUT2D eigenvalue weighted by Gasteiger charge is -2.10. The molecule has 136 valence electrons.